The van der Waals surface area contributed by atoms with Gasteiger partial charge < -0.3 is 9.84 Å². The molecule has 0 aromatic heterocycles. The van der Waals surface area contributed by atoms with E-state index in [4.69, 9.17) is 4.74 Å². The second kappa shape index (κ2) is 6.76. The molecular weight excluding hydrogens is 280 g/mol. The molecule has 0 unspecified atom stereocenters. The van der Waals surface area contributed by atoms with Gasteiger partial charge in [0.25, 0.3) is 5.91 Å². The average Bonchev–Trinajstić information content (AvgIpc) is 2.53. The highest BCUT2D eigenvalue weighted by molar-refractivity contribution is 6.01. The van der Waals surface area contributed by atoms with Crippen molar-refractivity contribution < 1.29 is 14.6 Å². The first kappa shape index (κ1) is 15.6. The standard InChI is InChI=1S/C17H18N2O3/c1-11-4-6-13(7-5-11)17(21)19-18-12(2)14-8-9-15(20)16(10-14)22-3/h4-10,20H,1-3H3,(H,19,21)/b18-12+. The van der Waals surface area contributed by atoms with Gasteiger partial charge >= 0.3 is 0 Å². The minimum atomic E-state index is -0.273. The third kappa shape index (κ3) is 3.63. The van der Waals surface area contributed by atoms with Crippen molar-refractivity contribution in [1.82, 2.24) is 5.43 Å². The lowest BCUT2D eigenvalue weighted by atomic mass is 10.1. The number of carbonyl (C=O) groups excluding carboxylic acids is 1. The van der Waals surface area contributed by atoms with Crippen molar-refractivity contribution in [2.75, 3.05) is 7.11 Å². The minimum Gasteiger partial charge on any atom is -0.504 e. The normalized spacial score (nSPS) is 11.1. The fourth-order valence-corrected chi connectivity index (χ4v) is 1.87. The first-order valence-electron chi connectivity index (χ1n) is 6.80. The van der Waals surface area contributed by atoms with Crippen LogP contribution in [0, 0.1) is 6.92 Å². The largest absolute Gasteiger partial charge is 0.504 e. The van der Waals surface area contributed by atoms with Crippen LogP contribution in [0.1, 0.15) is 28.4 Å². The Bertz CT molecular complexity index is 706. The van der Waals surface area contributed by atoms with E-state index in [0.717, 1.165) is 11.1 Å². The number of aromatic hydroxyl groups is 1. The summed E-state index contributed by atoms with van der Waals surface area (Å²) < 4.78 is 5.05. The number of methoxy groups -OCH3 is 1. The Balaban J connectivity index is 2.12. The average molecular weight is 298 g/mol. The van der Waals surface area contributed by atoms with Crippen molar-refractivity contribution in [2.45, 2.75) is 13.8 Å². The van der Waals surface area contributed by atoms with Crippen molar-refractivity contribution >= 4 is 11.6 Å². The van der Waals surface area contributed by atoms with Crippen LogP contribution < -0.4 is 10.2 Å². The van der Waals surface area contributed by atoms with Gasteiger partial charge in [0.05, 0.1) is 12.8 Å². The predicted octanol–water partition coefficient (Wildman–Crippen LogP) is 2.86. The van der Waals surface area contributed by atoms with Crippen molar-refractivity contribution in [3.8, 4) is 11.5 Å². The molecule has 5 nitrogen and oxygen atoms in total. The molecule has 5 heteroatoms. The van der Waals surface area contributed by atoms with Crippen LogP contribution in [0.5, 0.6) is 11.5 Å². The molecule has 0 heterocycles. The lowest BCUT2D eigenvalue weighted by Gasteiger charge is -2.07. The summed E-state index contributed by atoms with van der Waals surface area (Å²) in [5.74, 6) is 0.143. The monoisotopic (exact) mass is 298 g/mol. The van der Waals surface area contributed by atoms with E-state index in [1.807, 2.05) is 19.1 Å². The van der Waals surface area contributed by atoms with Crippen LogP contribution in [-0.2, 0) is 0 Å². The van der Waals surface area contributed by atoms with E-state index in [9.17, 15) is 9.90 Å². The number of nitrogens with zero attached hydrogens (tertiary/aromatic N) is 1. The van der Waals surface area contributed by atoms with Gasteiger partial charge in [-0.2, -0.15) is 5.10 Å². The highest BCUT2D eigenvalue weighted by Crippen LogP contribution is 2.26. The highest BCUT2D eigenvalue weighted by atomic mass is 16.5. The van der Waals surface area contributed by atoms with Gasteiger partial charge in [0.15, 0.2) is 11.5 Å². The number of aryl methyl sites for hydroxylation is 1. The molecule has 0 atom stereocenters. The molecule has 0 bridgehead atoms. The predicted molar refractivity (Wildman–Crippen MR) is 85.5 cm³/mol. The molecule has 2 rings (SSSR count). The summed E-state index contributed by atoms with van der Waals surface area (Å²) in [6, 6.07) is 12.1. The van der Waals surface area contributed by atoms with E-state index in [-0.39, 0.29) is 11.7 Å². The Kier molecular flexibility index (Phi) is 4.78. The van der Waals surface area contributed by atoms with Crippen LogP contribution >= 0.6 is 0 Å². The summed E-state index contributed by atoms with van der Waals surface area (Å²) in [5, 5.41) is 13.6. The van der Waals surface area contributed by atoms with Crippen LogP contribution in [0.2, 0.25) is 0 Å². The van der Waals surface area contributed by atoms with Gasteiger partial charge in [-0.1, -0.05) is 17.7 Å². The third-order valence-electron chi connectivity index (χ3n) is 3.24. The third-order valence-corrected chi connectivity index (χ3v) is 3.24. The summed E-state index contributed by atoms with van der Waals surface area (Å²) >= 11 is 0. The molecule has 22 heavy (non-hydrogen) atoms. The SMILES string of the molecule is COc1cc(/C(C)=N/NC(=O)c2ccc(C)cc2)ccc1O. The topological polar surface area (TPSA) is 70.9 Å². The number of nitrogens with one attached hydrogen (secondary N) is 1. The van der Waals surface area contributed by atoms with E-state index >= 15 is 0 Å². The lowest BCUT2D eigenvalue weighted by molar-refractivity contribution is 0.0955. The van der Waals surface area contributed by atoms with E-state index < -0.39 is 0 Å². The van der Waals surface area contributed by atoms with Crippen LogP contribution in [0.15, 0.2) is 47.6 Å². The van der Waals surface area contributed by atoms with E-state index in [2.05, 4.69) is 10.5 Å². The molecule has 2 aromatic carbocycles. The Morgan fingerprint density at radius 3 is 2.41 bits per heavy atom. The Morgan fingerprint density at radius 1 is 1.14 bits per heavy atom. The summed E-state index contributed by atoms with van der Waals surface area (Å²) in [6.07, 6.45) is 0. The van der Waals surface area contributed by atoms with Crippen LogP contribution in [0.4, 0.5) is 0 Å². The zero-order valence-electron chi connectivity index (χ0n) is 12.8. The van der Waals surface area contributed by atoms with Crippen molar-refractivity contribution in [3.63, 3.8) is 0 Å². The van der Waals surface area contributed by atoms with Gasteiger partial charge in [-0.3, -0.25) is 4.79 Å². The molecule has 2 aromatic rings. The van der Waals surface area contributed by atoms with Gasteiger partial charge in [-0.05, 0) is 44.2 Å². The van der Waals surface area contributed by atoms with Crippen LogP contribution in [0.25, 0.3) is 0 Å². The molecule has 0 fully saturated rings. The van der Waals surface area contributed by atoms with Gasteiger partial charge in [0.1, 0.15) is 0 Å². The molecule has 0 aliphatic carbocycles. The van der Waals surface area contributed by atoms with E-state index in [0.29, 0.717) is 17.0 Å². The summed E-state index contributed by atoms with van der Waals surface area (Å²) in [6.45, 7) is 3.73. The molecule has 0 radical (unpaired) electrons. The Labute approximate surface area is 129 Å². The van der Waals surface area contributed by atoms with Gasteiger partial charge in [-0.15, -0.1) is 0 Å². The zero-order valence-corrected chi connectivity index (χ0v) is 12.8. The fraction of sp³-hybridized carbons (Fsp3) is 0.176. The molecule has 0 saturated heterocycles. The number of hydrazone groups is 1. The fourth-order valence-electron chi connectivity index (χ4n) is 1.87. The van der Waals surface area contributed by atoms with Crippen molar-refractivity contribution in [3.05, 3.63) is 59.2 Å². The second-order valence-corrected chi connectivity index (χ2v) is 4.89. The maximum absolute atomic E-state index is 12.0. The maximum Gasteiger partial charge on any atom is 0.271 e. The van der Waals surface area contributed by atoms with Crippen LogP contribution in [0.3, 0.4) is 0 Å². The summed E-state index contributed by atoms with van der Waals surface area (Å²) in [7, 11) is 1.48. The summed E-state index contributed by atoms with van der Waals surface area (Å²) in [5.41, 5.74) is 5.51. The maximum atomic E-state index is 12.0. The number of phenolic OH excluding ortho intramolecular Hbond substituents is 1. The first-order valence-corrected chi connectivity index (χ1v) is 6.80. The Morgan fingerprint density at radius 2 is 1.77 bits per heavy atom. The van der Waals surface area contributed by atoms with Crippen molar-refractivity contribution in [1.29, 1.82) is 0 Å². The van der Waals surface area contributed by atoms with Gasteiger partial charge in [-0.25, -0.2) is 5.43 Å². The number of phenols is 1. The number of amides is 1. The number of hydrogen-bond donors (Lipinski definition) is 2. The number of hydrogen-bond acceptors (Lipinski definition) is 4. The zero-order chi connectivity index (χ0) is 16.1. The molecule has 114 valence electrons. The summed E-state index contributed by atoms with van der Waals surface area (Å²) in [4.78, 5) is 12.0. The second-order valence-electron chi connectivity index (χ2n) is 4.89. The van der Waals surface area contributed by atoms with Gasteiger partial charge in [0.2, 0.25) is 0 Å². The van der Waals surface area contributed by atoms with E-state index in [1.54, 1.807) is 31.2 Å². The lowest BCUT2D eigenvalue weighted by Crippen LogP contribution is -2.19. The number of carbonyl (C=O) groups is 1. The first-order chi connectivity index (χ1) is 10.5. The molecule has 0 spiro atoms. The smallest absolute Gasteiger partial charge is 0.271 e. The molecule has 0 saturated carbocycles. The minimum absolute atomic E-state index is 0.0581. The molecular formula is C17H18N2O3. The number of benzene rings is 2. The molecule has 0 aliphatic heterocycles. The quantitative estimate of drug-likeness (QED) is 0.673. The number of ether oxygens (including phenoxy) is 1. The molecule has 1 amide bonds. The number of rotatable bonds is 4. The molecule has 2 N–H and O–H groups in total. The van der Waals surface area contributed by atoms with Crippen molar-refractivity contribution in [2.24, 2.45) is 5.10 Å². The molecule has 0 aliphatic rings. The van der Waals surface area contributed by atoms with Gasteiger partial charge in [0, 0.05) is 11.1 Å². The Hall–Kier alpha value is -2.82. The van der Waals surface area contributed by atoms with E-state index in [1.165, 1.54) is 13.2 Å². The van der Waals surface area contributed by atoms with Crippen LogP contribution in [-0.4, -0.2) is 23.8 Å². The highest BCUT2D eigenvalue weighted by Gasteiger charge is 2.07.